The molecule has 4 rings (SSSR count). The molecule has 2 aromatic rings. The summed E-state index contributed by atoms with van der Waals surface area (Å²) in [7, 11) is 0. The van der Waals surface area contributed by atoms with Crippen LogP contribution in [0.15, 0.2) is 48.5 Å². The van der Waals surface area contributed by atoms with E-state index in [0.717, 1.165) is 18.2 Å². The van der Waals surface area contributed by atoms with Crippen LogP contribution in [0.5, 0.6) is 0 Å². The molecule has 2 fully saturated rings. The fraction of sp³-hybridized carbons (Fsp3) is 0.316. The van der Waals surface area contributed by atoms with Gasteiger partial charge in [0.2, 0.25) is 0 Å². The minimum atomic E-state index is -4.34. The van der Waals surface area contributed by atoms with Crippen molar-refractivity contribution in [3.8, 4) is 0 Å². The lowest BCUT2D eigenvalue weighted by molar-refractivity contribution is -0.137. The standard InChI is InChI=1S/C19H18F3N3O2/c20-19(21,22)13-2-1-3-15(8-13)25-11-16-9-17(25)10-24(16)14-6-4-12(5-7-14)18(26)23-27/h1-8,16-17,27H,9-11H2,(H,23,26)/t16-,17-/m1/s1. The third-order valence-electron chi connectivity index (χ3n) is 5.31. The molecule has 2 bridgehead atoms. The zero-order valence-electron chi connectivity index (χ0n) is 14.3. The van der Waals surface area contributed by atoms with Crippen molar-refractivity contribution in [1.82, 2.24) is 5.48 Å². The number of benzene rings is 2. The molecule has 0 saturated carbocycles. The van der Waals surface area contributed by atoms with Crippen molar-refractivity contribution >= 4 is 17.3 Å². The molecule has 2 aliphatic rings. The van der Waals surface area contributed by atoms with E-state index in [1.165, 1.54) is 12.1 Å². The number of carbonyl (C=O) groups excluding carboxylic acids is 1. The quantitative estimate of drug-likeness (QED) is 0.637. The van der Waals surface area contributed by atoms with Gasteiger partial charge in [-0.2, -0.15) is 13.2 Å². The van der Waals surface area contributed by atoms with Gasteiger partial charge in [-0.1, -0.05) is 6.07 Å². The van der Waals surface area contributed by atoms with Crippen LogP contribution in [-0.2, 0) is 6.18 Å². The first-order valence-corrected chi connectivity index (χ1v) is 8.62. The van der Waals surface area contributed by atoms with Crippen LogP contribution in [0.2, 0.25) is 0 Å². The molecule has 1 amide bonds. The largest absolute Gasteiger partial charge is 0.416 e. The average Bonchev–Trinajstić information content (AvgIpc) is 3.28. The van der Waals surface area contributed by atoms with Gasteiger partial charge in [0, 0.05) is 42.1 Å². The first kappa shape index (κ1) is 17.7. The molecule has 0 aromatic heterocycles. The first-order chi connectivity index (χ1) is 12.9. The molecule has 2 aromatic carbocycles. The number of hydroxylamine groups is 1. The minimum absolute atomic E-state index is 0.152. The van der Waals surface area contributed by atoms with E-state index >= 15 is 0 Å². The number of rotatable bonds is 3. The molecule has 8 heteroatoms. The fourth-order valence-electron chi connectivity index (χ4n) is 4.03. The van der Waals surface area contributed by atoms with E-state index in [4.69, 9.17) is 5.21 Å². The van der Waals surface area contributed by atoms with Crippen LogP contribution in [-0.4, -0.2) is 36.3 Å². The molecule has 27 heavy (non-hydrogen) atoms. The fourth-order valence-corrected chi connectivity index (χ4v) is 4.03. The van der Waals surface area contributed by atoms with Crippen molar-refractivity contribution in [2.45, 2.75) is 24.7 Å². The topological polar surface area (TPSA) is 55.8 Å². The van der Waals surface area contributed by atoms with Crippen LogP contribution in [0.25, 0.3) is 0 Å². The summed E-state index contributed by atoms with van der Waals surface area (Å²) in [6.07, 6.45) is -3.46. The summed E-state index contributed by atoms with van der Waals surface area (Å²) in [5, 5.41) is 8.68. The summed E-state index contributed by atoms with van der Waals surface area (Å²) in [6.45, 7) is 1.37. The number of carbonyl (C=O) groups is 1. The highest BCUT2D eigenvalue weighted by Crippen LogP contribution is 2.39. The van der Waals surface area contributed by atoms with Crippen LogP contribution in [0, 0.1) is 0 Å². The predicted octanol–water partition coefficient (Wildman–Crippen LogP) is 3.29. The average molecular weight is 377 g/mol. The van der Waals surface area contributed by atoms with E-state index < -0.39 is 17.6 Å². The number of nitrogens with zero attached hydrogens (tertiary/aromatic N) is 2. The molecule has 2 saturated heterocycles. The van der Waals surface area contributed by atoms with Gasteiger partial charge < -0.3 is 9.80 Å². The summed E-state index contributed by atoms with van der Waals surface area (Å²) in [6, 6.07) is 12.8. The number of anilines is 2. The Labute approximate surface area is 154 Å². The zero-order valence-corrected chi connectivity index (χ0v) is 14.3. The highest BCUT2D eigenvalue weighted by atomic mass is 19.4. The number of nitrogens with one attached hydrogen (secondary N) is 1. The molecule has 2 N–H and O–H groups in total. The van der Waals surface area contributed by atoms with E-state index in [1.807, 2.05) is 17.0 Å². The summed E-state index contributed by atoms with van der Waals surface area (Å²) >= 11 is 0. The number of alkyl halides is 3. The Kier molecular flexibility index (Phi) is 4.22. The van der Waals surface area contributed by atoms with E-state index in [0.29, 0.717) is 24.3 Å². The number of halogens is 3. The summed E-state index contributed by atoms with van der Waals surface area (Å²) in [4.78, 5) is 15.7. The van der Waals surface area contributed by atoms with Crippen molar-refractivity contribution in [3.63, 3.8) is 0 Å². The lowest BCUT2D eigenvalue weighted by atomic mass is 10.1. The van der Waals surface area contributed by atoms with Crippen molar-refractivity contribution in [2.75, 3.05) is 22.9 Å². The van der Waals surface area contributed by atoms with Crippen molar-refractivity contribution < 1.29 is 23.2 Å². The minimum Gasteiger partial charge on any atom is -0.365 e. The second kappa shape index (κ2) is 6.45. The summed E-state index contributed by atoms with van der Waals surface area (Å²) in [5.41, 5.74) is 2.89. The highest BCUT2D eigenvalue weighted by Gasteiger charge is 2.43. The van der Waals surface area contributed by atoms with Gasteiger partial charge in [0.05, 0.1) is 5.56 Å². The predicted molar refractivity (Wildman–Crippen MR) is 94.0 cm³/mol. The van der Waals surface area contributed by atoms with Gasteiger partial charge in [-0.15, -0.1) is 0 Å². The molecule has 142 valence electrons. The lowest BCUT2D eigenvalue weighted by Gasteiger charge is -2.37. The highest BCUT2D eigenvalue weighted by molar-refractivity contribution is 5.93. The van der Waals surface area contributed by atoms with E-state index in [1.54, 1.807) is 23.7 Å². The Balaban J connectivity index is 1.49. The number of hydrogen-bond donors (Lipinski definition) is 2. The Morgan fingerprint density at radius 3 is 2.19 bits per heavy atom. The number of piperazine rings is 1. The molecular weight excluding hydrogens is 359 g/mol. The maximum atomic E-state index is 13.0. The summed E-state index contributed by atoms with van der Waals surface area (Å²) in [5.74, 6) is -0.569. The SMILES string of the molecule is O=C(NO)c1ccc(N2C[C@H]3C[C@@H]2CN3c2cccc(C(F)(F)F)c2)cc1. The maximum absolute atomic E-state index is 13.0. The Morgan fingerprint density at radius 1 is 1.00 bits per heavy atom. The van der Waals surface area contributed by atoms with Gasteiger partial charge >= 0.3 is 6.18 Å². The number of hydrogen-bond acceptors (Lipinski definition) is 4. The maximum Gasteiger partial charge on any atom is 0.416 e. The van der Waals surface area contributed by atoms with Crippen LogP contribution >= 0.6 is 0 Å². The second-order valence-electron chi connectivity index (χ2n) is 6.88. The first-order valence-electron chi connectivity index (χ1n) is 8.62. The lowest BCUT2D eigenvalue weighted by Crippen LogP contribution is -2.46. The van der Waals surface area contributed by atoms with Crippen molar-refractivity contribution in [3.05, 3.63) is 59.7 Å². The van der Waals surface area contributed by atoms with Crippen LogP contribution in [0.4, 0.5) is 24.5 Å². The van der Waals surface area contributed by atoms with Gasteiger partial charge in [-0.3, -0.25) is 10.0 Å². The smallest absolute Gasteiger partial charge is 0.365 e. The number of fused-ring (bicyclic) bond motifs is 2. The van der Waals surface area contributed by atoms with Crippen LogP contribution in [0.3, 0.4) is 0 Å². The van der Waals surface area contributed by atoms with Gasteiger partial charge in [0.25, 0.3) is 5.91 Å². The molecule has 2 aliphatic heterocycles. The normalized spacial score (nSPS) is 21.6. The molecular formula is C19H18F3N3O2. The second-order valence-corrected chi connectivity index (χ2v) is 6.88. The van der Waals surface area contributed by atoms with Crippen LogP contribution in [0.1, 0.15) is 22.3 Å². The third kappa shape index (κ3) is 3.21. The third-order valence-corrected chi connectivity index (χ3v) is 5.31. The van der Waals surface area contributed by atoms with Crippen molar-refractivity contribution in [2.24, 2.45) is 0 Å². The molecule has 0 radical (unpaired) electrons. The Morgan fingerprint density at radius 2 is 1.63 bits per heavy atom. The zero-order chi connectivity index (χ0) is 19.2. The van der Waals surface area contributed by atoms with Crippen molar-refractivity contribution in [1.29, 1.82) is 0 Å². The molecule has 0 unspecified atom stereocenters. The molecule has 0 aliphatic carbocycles. The van der Waals surface area contributed by atoms with Gasteiger partial charge in [0.1, 0.15) is 0 Å². The van der Waals surface area contributed by atoms with E-state index in [9.17, 15) is 18.0 Å². The molecule has 2 heterocycles. The van der Waals surface area contributed by atoms with Gasteiger partial charge in [-0.25, -0.2) is 5.48 Å². The Hall–Kier alpha value is -2.74. The summed E-state index contributed by atoms with van der Waals surface area (Å²) < 4.78 is 38.9. The monoisotopic (exact) mass is 377 g/mol. The molecule has 2 atom stereocenters. The van der Waals surface area contributed by atoms with Crippen LogP contribution < -0.4 is 15.3 Å². The molecule has 0 spiro atoms. The molecule has 5 nitrogen and oxygen atoms in total. The Bertz CT molecular complexity index is 854. The van der Waals surface area contributed by atoms with E-state index in [2.05, 4.69) is 4.90 Å². The van der Waals surface area contributed by atoms with Gasteiger partial charge in [-0.05, 0) is 48.9 Å². The van der Waals surface area contributed by atoms with E-state index in [-0.39, 0.29) is 12.1 Å². The van der Waals surface area contributed by atoms with Gasteiger partial charge in [0.15, 0.2) is 0 Å². The number of amides is 1.